The van der Waals surface area contributed by atoms with E-state index in [1.165, 1.54) is 0 Å². The van der Waals surface area contributed by atoms with Gasteiger partial charge in [-0.15, -0.1) is 0 Å². The number of halogens is 2. The normalized spacial score (nSPS) is 10.3. The Balaban J connectivity index is 2.10. The molecule has 0 aliphatic heterocycles. The smallest absolute Gasteiger partial charge is 0.228 e. The zero-order valence-corrected chi connectivity index (χ0v) is 13.1. The predicted molar refractivity (Wildman–Crippen MR) is 84.3 cm³/mol. The molecule has 0 aliphatic rings. The molecule has 1 amide bonds. The quantitative estimate of drug-likeness (QED) is 0.863. The molecule has 0 aliphatic carbocycles. The molecule has 0 spiro atoms. The Morgan fingerprint density at radius 2 is 2.10 bits per heavy atom. The van der Waals surface area contributed by atoms with E-state index in [0.717, 1.165) is 15.6 Å². The van der Waals surface area contributed by atoms with E-state index >= 15 is 0 Å². The van der Waals surface area contributed by atoms with Gasteiger partial charge in [0.15, 0.2) is 0 Å². The van der Waals surface area contributed by atoms with Crippen molar-refractivity contribution < 1.29 is 9.90 Å². The number of rotatable bonds is 3. The van der Waals surface area contributed by atoms with Crippen molar-refractivity contribution in [3.05, 3.63) is 57.0 Å². The van der Waals surface area contributed by atoms with Gasteiger partial charge in [0.05, 0.1) is 12.1 Å². The van der Waals surface area contributed by atoms with Gasteiger partial charge in [0.25, 0.3) is 0 Å². The molecule has 104 valence electrons. The van der Waals surface area contributed by atoms with E-state index in [1.54, 1.807) is 30.3 Å². The molecule has 2 N–H and O–H groups in total. The fourth-order valence-electron chi connectivity index (χ4n) is 1.79. The van der Waals surface area contributed by atoms with Crippen LogP contribution >= 0.6 is 27.5 Å². The number of carbonyl (C=O) groups excluding carboxylic acids is 1. The zero-order valence-electron chi connectivity index (χ0n) is 10.8. The Morgan fingerprint density at radius 1 is 1.35 bits per heavy atom. The number of anilines is 1. The van der Waals surface area contributed by atoms with Gasteiger partial charge >= 0.3 is 0 Å². The number of carbonyl (C=O) groups is 1. The van der Waals surface area contributed by atoms with Gasteiger partial charge in [0.1, 0.15) is 5.75 Å². The lowest BCUT2D eigenvalue weighted by Gasteiger charge is -2.09. The van der Waals surface area contributed by atoms with Crippen LogP contribution in [-0.2, 0) is 11.2 Å². The summed E-state index contributed by atoms with van der Waals surface area (Å²) in [4.78, 5) is 12.0. The highest BCUT2D eigenvalue weighted by molar-refractivity contribution is 9.10. The maximum absolute atomic E-state index is 12.0. The molecule has 5 heteroatoms. The van der Waals surface area contributed by atoms with Crippen LogP contribution in [0.15, 0.2) is 40.9 Å². The van der Waals surface area contributed by atoms with Gasteiger partial charge in [-0.2, -0.15) is 0 Å². The molecule has 2 rings (SSSR count). The van der Waals surface area contributed by atoms with Crippen LogP contribution in [-0.4, -0.2) is 11.0 Å². The van der Waals surface area contributed by atoms with Gasteiger partial charge in [-0.25, -0.2) is 0 Å². The summed E-state index contributed by atoms with van der Waals surface area (Å²) in [5.41, 5.74) is 2.31. The Labute approximate surface area is 130 Å². The van der Waals surface area contributed by atoms with Gasteiger partial charge in [-0.05, 0) is 58.2 Å². The number of aromatic hydroxyl groups is 1. The lowest BCUT2D eigenvalue weighted by Crippen LogP contribution is -2.14. The maximum atomic E-state index is 12.0. The van der Waals surface area contributed by atoms with Crippen molar-refractivity contribution in [1.29, 1.82) is 0 Å². The number of amides is 1. The van der Waals surface area contributed by atoms with Crippen molar-refractivity contribution >= 4 is 39.1 Å². The van der Waals surface area contributed by atoms with Gasteiger partial charge in [0.2, 0.25) is 5.91 Å². The van der Waals surface area contributed by atoms with E-state index in [9.17, 15) is 9.90 Å². The first-order valence-corrected chi connectivity index (χ1v) is 7.16. The number of hydrogen-bond acceptors (Lipinski definition) is 2. The predicted octanol–water partition coefficient (Wildman–Crippen LogP) is 4.30. The maximum Gasteiger partial charge on any atom is 0.228 e. The van der Waals surface area contributed by atoms with E-state index in [-0.39, 0.29) is 18.1 Å². The van der Waals surface area contributed by atoms with Crippen LogP contribution < -0.4 is 5.32 Å². The third-order valence-electron chi connectivity index (χ3n) is 2.80. The Morgan fingerprint density at radius 3 is 2.80 bits per heavy atom. The summed E-state index contributed by atoms with van der Waals surface area (Å²) in [6.07, 6.45) is 0.187. The molecule has 0 aromatic heterocycles. The van der Waals surface area contributed by atoms with Crippen LogP contribution in [0.1, 0.15) is 11.1 Å². The highest BCUT2D eigenvalue weighted by Gasteiger charge is 2.09. The second-order valence-corrected chi connectivity index (χ2v) is 5.74. The average molecular weight is 355 g/mol. The molecule has 0 atom stereocenters. The average Bonchev–Trinajstić information content (AvgIpc) is 2.36. The van der Waals surface area contributed by atoms with Crippen molar-refractivity contribution in [3.63, 3.8) is 0 Å². The zero-order chi connectivity index (χ0) is 14.7. The minimum atomic E-state index is -0.170. The summed E-state index contributed by atoms with van der Waals surface area (Å²) in [6.45, 7) is 1.89. The van der Waals surface area contributed by atoms with Gasteiger partial charge in [0, 0.05) is 9.50 Å². The molecule has 3 nitrogen and oxygen atoms in total. The third-order valence-corrected chi connectivity index (χ3v) is 3.86. The molecular weight excluding hydrogens is 342 g/mol. The summed E-state index contributed by atoms with van der Waals surface area (Å²) in [7, 11) is 0. The van der Waals surface area contributed by atoms with E-state index in [1.807, 2.05) is 13.0 Å². The molecule has 0 fully saturated rings. The minimum absolute atomic E-state index is 0.148. The molecule has 0 saturated carbocycles. The van der Waals surface area contributed by atoms with Crippen LogP contribution in [0.3, 0.4) is 0 Å². The molecule has 0 bridgehead atoms. The Kier molecular flexibility index (Phi) is 4.68. The van der Waals surface area contributed by atoms with Crippen LogP contribution in [0.5, 0.6) is 5.75 Å². The first-order chi connectivity index (χ1) is 9.45. The molecule has 2 aromatic carbocycles. The van der Waals surface area contributed by atoms with Crippen molar-refractivity contribution in [2.45, 2.75) is 13.3 Å². The molecule has 0 heterocycles. The fourth-order valence-corrected chi connectivity index (χ4v) is 2.51. The SMILES string of the molecule is Cc1cc(Br)c(NC(=O)Cc2cccc(O)c2)cc1Cl. The van der Waals surface area contributed by atoms with Crippen molar-refractivity contribution in [2.75, 3.05) is 5.32 Å². The topological polar surface area (TPSA) is 49.3 Å². The molecular formula is C15H13BrClNO2. The van der Waals surface area contributed by atoms with Crippen LogP contribution in [0, 0.1) is 6.92 Å². The van der Waals surface area contributed by atoms with E-state index in [2.05, 4.69) is 21.2 Å². The van der Waals surface area contributed by atoms with Gasteiger partial charge in [-0.1, -0.05) is 23.7 Å². The largest absolute Gasteiger partial charge is 0.508 e. The summed E-state index contributed by atoms with van der Waals surface area (Å²) in [5.74, 6) is -0.0221. The number of nitrogens with one attached hydrogen (secondary N) is 1. The van der Waals surface area contributed by atoms with Crippen LogP contribution in [0.2, 0.25) is 5.02 Å². The summed E-state index contributed by atoms with van der Waals surface area (Å²) in [5, 5.41) is 12.8. The van der Waals surface area contributed by atoms with Crippen molar-refractivity contribution in [2.24, 2.45) is 0 Å². The van der Waals surface area contributed by atoms with E-state index in [4.69, 9.17) is 11.6 Å². The van der Waals surface area contributed by atoms with Crippen LogP contribution in [0.25, 0.3) is 0 Å². The summed E-state index contributed by atoms with van der Waals surface area (Å²) >= 11 is 9.44. The number of hydrogen-bond donors (Lipinski definition) is 2. The Bertz CT molecular complexity index is 658. The molecule has 20 heavy (non-hydrogen) atoms. The number of phenols is 1. The third kappa shape index (κ3) is 3.74. The summed E-state index contributed by atoms with van der Waals surface area (Å²) < 4.78 is 0.781. The Hall–Kier alpha value is -1.52. The van der Waals surface area contributed by atoms with Crippen molar-refractivity contribution in [3.8, 4) is 5.75 Å². The minimum Gasteiger partial charge on any atom is -0.508 e. The lowest BCUT2D eigenvalue weighted by atomic mass is 10.1. The number of benzene rings is 2. The van der Waals surface area contributed by atoms with Crippen LogP contribution in [0.4, 0.5) is 5.69 Å². The lowest BCUT2D eigenvalue weighted by molar-refractivity contribution is -0.115. The highest BCUT2D eigenvalue weighted by atomic mass is 79.9. The fraction of sp³-hybridized carbons (Fsp3) is 0.133. The molecule has 0 saturated heterocycles. The standard InChI is InChI=1S/C15H13BrClNO2/c1-9-5-12(16)14(8-13(9)17)18-15(20)7-10-3-2-4-11(19)6-10/h2-6,8,19H,7H2,1H3,(H,18,20). The highest BCUT2D eigenvalue weighted by Crippen LogP contribution is 2.29. The molecule has 0 unspecified atom stereocenters. The first kappa shape index (κ1) is 14.9. The second-order valence-electron chi connectivity index (χ2n) is 4.48. The first-order valence-electron chi connectivity index (χ1n) is 5.99. The number of phenolic OH excluding ortho intramolecular Hbond substituents is 1. The van der Waals surface area contributed by atoms with Gasteiger partial charge < -0.3 is 10.4 Å². The molecule has 2 aromatic rings. The summed E-state index contributed by atoms with van der Waals surface area (Å²) in [6, 6.07) is 10.2. The van der Waals surface area contributed by atoms with Gasteiger partial charge in [-0.3, -0.25) is 4.79 Å². The van der Waals surface area contributed by atoms with E-state index in [0.29, 0.717) is 10.7 Å². The van der Waals surface area contributed by atoms with E-state index < -0.39 is 0 Å². The van der Waals surface area contributed by atoms with Crippen molar-refractivity contribution in [1.82, 2.24) is 0 Å². The monoisotopic (exact) mass is 353 g/mol. The molecule has 0 radical (unpaired) electrons. The second kappa shape index (κ2) is 6.29. The number of aryl methyl sites for hydroxylation is 1.